The van der Waals surface area contributed by atoms with Gasteiger partial charge in [0.15, 0.2) is 0 Å². The number of anilines is 1. The molecule has 1 unspecified atom stereocenters. The second-order valence-corrected chi connectivity index (χ2v) is 4.60. The Balaban J connectivity index is 2.26. The van der Waals surface area contributed by atoms with E-state index in [1.54, 1.807) is 6.07 Å². The molecule has 0 bridgehead atoms. The van der Waals surface area contributed by atoms with E-state index in [4.69, 9.17) is 10.5 Å². The molecule has 4 nitrogen and oxygen atoms in total. The molecule has 1 heterocycles. The first-order valence-electron chi connectivity index (χ1n) is 6.13. The zero-order chi connectivity index (χ0) is 13.1. The van der Waals surface area contributed by atoms with Gasteiger partial charge in [0, 0.05) is 12.6 Å². The molecule has 0 amide bonds. The van der Waals surface area contributed by atoms with E-state index < -0.39 is 0 Å². The molecule has 0 aromatic heterocycles. The lowest BCUT2D eigenvalue weighted by atomic mass is 10.1. The molecular formula is C13H19FN2O2. The van der Waals surface area contributed by atoms with Gasteiger partial charge in [0.25, 0.3) is 0 Å². The van der Waals surface area contributed by atoms with Crippen LogP contribution in [0.15, 0.2) is 18.2 Å². The lowest BCUT2D eigenvalue weighted by Crippen LogP contribution is -2.48. The number of rotatable bonds is 3. The topological polar surface area (TPSA) is 58.7 Å². The number of halogens is 1. The Bertz CT molecular complexity index is 412. The first-order valence-corrected chi connectivity index (χ1v) is 6.13. The zero-order valence-electron chi connectivity index (χ0n) is 10.5. The number of nitrogens with zero attached hydrogens (tertiary/aromatic N) is 1. The third-order valence-electron chi connectivity index (χ3n) is 3.25. The van der Waals surface area contributed by atoms with Gasteiger partial charge in [0.05, 0.1) is 31.5 Å². The molecule has 1 aliphatic heterocycles. The summed E-state index contributed by atoms with van der Waals surface area (Å²) >= 11 is 0. The monoisotopic (exact) mass is 254 g/mol. The van der Waals surface area contributed by atoms with E-state index >= 15 is 0 Å². The average Bonchev–Trinajstić information content (AvgIpc) is 2.38. The van der Waals surface area contributed by atoms with Crippen LogP contribution in [0.25, 0.3) is 0 Å². The van der Waals surface area contributed by atoms with Crippen molar-refractivity contribution in [2.45, 2.75) is 19.0 Å². The van der Waals surface area contributed by atoms with Gasteiger partial charge in [0.2, 0.25) is 0 Å². The highest BCUT2D eigenvalue weighted by Gasteiger charge is 2.24. The molecule has 0 radical (unpaired) electrons. The Kier molecular flexibility index (Phi) is 4.16. The smallest absolute Gasteiger partial charge is 0.146 e. The van der Waals surface area contributed by atoms with Crippen LogP contribution in [-0.4, -0.2) is 37.5 Å². The number of hydrogen-bond acceptors (Lipinski definition) is 4. The highest BCUT2D eigenvalue weighted by atomic mass is 19.1. The summed E-state index contributed by atoms with van der Waals surface area (Å²) in [6, 6.07) is 4.64. The van der Waals surface area contributed by atoms with E-state index in [9.17, 15) is 9.50 Å². The van der Waals surface area contributed by atoms with Gasteiger partial charge in [-0.3, -0.25) is 0 Å². The average molecular weight is 254 g/mol. The molecule has 2 atom stereocenters. The van der Waals surface area contributed by atoms with Gasteiger partial charge in [-0.1, -0.05) is 6.07 Å². The van der Waals surface area contributed by atoms with Crippen molar-refractivity contribution < 1.29 is 14.2 Å². The number of aliphatic hydroxyl groups is 1. The summed E-state index contributed by atoms with van der Waals surface area (Å²) in [5, 5.41) is 9.29. The summed E-state index contributed by atoms with van der Waals surface area (Å²) in [4.78, 5) is 1.85. The Hall–Kier alpha value is -1.17. The van der Waals surface area contributed by atoms with Crippen LogP contribution in [-0.2, 0) is 4.74 Å². The maximum atomic E-state index is 14.1. The predicted octanol–water partition coefficient (Wildman–Crippen LogP) is 1.04. The molecule has 18 heavy (non-hydrogen) atoms. The molecule has 0 spiro atoms. The van der Waals surface area contributed by atoms with Gasteiger partial charge in [-0.05, 0) is 24.6 Å². The Morgan fingerprint density at radius 3 is 3.00 bits per heavy atom. The molecule has 2 rings (SSSR count). The summed E-state index contributed by atoms with van der Waals surface area (Å²) in [7, 11) is 0. The van der Waals surface area contributed by atoms with Crippen LogP contribution in [0.2, 0.25) is 0 Å². The van der Waals surface area contributed by atoms with E-state index in [1.807, 2.05) is 17.9 Å². The van der Waals surface area contributed by atoms with E-state index in [0.29, 0.717) is 25.4 Å². The number of morpholine rings is 1. The summed E-state index contributed by atoms with van der Waals surface area (Å²) in [6.45, 7) is 3.32. The standard InChI is InChI=1S/C13H19FN2O2/c1-9(15)10-2-3-13(12(14)6-10)16-4-5-18-8-11(16)7-17/h2-3,6,9,11,17H,4-5,7-8,15H2,1H3/t9-,11?/m1/s1. The second kappa shape index (κ2) is 5.65. The van der Waals surface area contributed by atoms with Crippen molar-refractivity contribution in [2.75, 3.05) is 31.3 Å². The van der Waals surface area contributed by atoms with Gasteiger partial charge in [-0.2, -0.15) is 0 Å². The van der Waals surface area contributed by atoms with Crippen molar-refractivity contribution in [1.82, 2.24) is 0 Å². The van der Waals surface area contributed by atoms with Gasteiger partial charge in [-0.25, -0.2) is 4.39 Å². The molecule has 1 aliphatic rings. The van der Waals surface area contributed by atoms with Crippen molar-refractivity contribution in [3.63, 3.8) is 0 Å². The van der Waals surface area contributed by atoms with Crippen LogP contribution in [0, 0.1) is 5.82 Å². The van der Waals surface area contributed by atoms with Crippen LogP contribution in [0.4, 0.5) is 10.1 Å². The molecule has 5 heteroatoms. The van der Waals surface area contributed by atoms with Crippen LogP contribution >= 0.6 is 0 Å². The van der Waals surface area contributed by atoms with Gasteiger partial charge in [0.1, 0.15) is 5.82 Å². The third-order valence-corrected chi connectivity index (χ3v) is 3.25. The largest absolute Gasteiger partial charge is 0.394 e. The lowest BCUT2D eigenvalue weighted by Gasteiger charge is -2.36. The fourth-order valence-corrected chi connectivity index (χ4v) is 2.16. The van der Waals surface area contributed by atoms with Crippen molar-refractivity contribution in [2.24, 2.45) is 5.73 Å². The first-order chi connectivity index (χ1) is 8.63. The zero-order valence-corrected chi connectivity index (χ0v) is 10.5. The van der Waals surface area contributed by atoms with E-state index in [-0.39, 0.29) is 24.5 Å². The van der Waals surface area contributed by atoms with Crippen LogP contribution in [0.1, 0.15) is 18.5 Å². The Morgan fingerprint density at radius 2 is 2.39 bits per heavy atom. The van der Waals surface area contributed by atoms with Crippen molar-refractivity contribution in [1.29, 1.82) is 0 Å². The van der Waals surface area contributed by atoms with Crippen molar-refractivity contribution in [3.8, 4) is 0 Å². The van der Waals surface area contributed by atoms with E-state index in [0.717, 1.165) is 5.56 Å². The summed E-state index contributed by atoms with van der Waals surface area (Å²) in [6.07, 6.45) is 0. The highest BCUT2D eigenvalue weighted by molar-refractivity contribution is 5.51. The molecule has 1 fully saturated rings. The Morgan fingerprint density at radius 1 is 1.61 bits per heavy atom. The molecular weight excluding hydrogens is 235 g/mol. The van der Waals surface area contributed by atoms with E-state index in [2.05, 4.69) is 0 Å². The highest BCUT2D eigenvalue weighted by Crippen LogP contribution is 2.25. The second-order valence-electron chi connectivity index (χ2n) is 4.60. The number of aliphatic hydroxyl groups excluding tert-OH is 1. The summed E-state index contributed by atoms with van der Waals surface area (Å²) in [5.41, 5.74) is 6.99. The van der Waals surface area contributed by atoms with Crippen LogP contribution in [0.3, 0.4) is 0 Å². The third kappa shape index (κ3) is 2.63. The predicted molar refractivity (Wildman–Crippen MR) is 68.0 cm³/mol. The van der Waals surface area contributed by atoms with Gasteiger partial charge < -0.3 is 20.5 Å². The maximum Gasteiger partial charge on any atom is 0.146 e. The summed E-state index contributed by atoms with van der Waals surface area (Å²) < 4.78 is 19.4. The van der Waals surface area contributed by atoms with Crippen molar-refractivity contribution in [3.05, 3.63) is 29.6 Å². The fraction of sp³-hybridized carbons (Fsp3) is 0.538. The quantitative estimate of drug-likeness (QED) is 0.846. The minimum atomic E-state index is -0.301. The molecule has 1 saturated heterocycles. The molecule has 0 aliphatic carbocycles. The van der Waals surface area contributed by atoms with Gasteiger partial charge in [-0.15, -0.1) is 0 Å². The molecule has 100 valence electrons. The number of benzene rings is 1. The normalized spacial score (nSPS) is 22.0. The van der Waals surface area contributed by atoms with Crippen LogP contribution in [0.5, 0.6) is 0 Å². The summed E-state index contributed by atoms with van der Waals surface area (Å²) in [5.74, 6) is -0.301. The Labute approximate surface area is 106 Å². The number of ether oxygens (including phenoxy) is 1. The SMILES string of the molecule is C[C@@H](N)c1ccc(N2CCOCC2CO)c(F)c1. The fourth-order valence-electron chi connectivity index (χ4n) is 2.16. The van der Waals surface area contributed by atoms with Crippen molar-refractivity contribution >= 4 is 5.69 Å². The minimum absolute atomic E-state index is 0.0471. The number of hydrogen-bond donors (Lipinski definition) is 2. The molecule has 1 aromatic rings. The van der Waals surface area contributed by atoms with Crippen LogP contribution < -0.4 is 10.6 Å². The first kappa shape index (κ1) is 13.3. The van der Waals surface area contributed by atoms with Gasteiger partial charge >= 0.3 is 0 Å². The molecule has 1 aromatic carbocycles. The maximum absolute atomic E-state index is 14.1. The number of nitrogens with two attached hydrogens (primary N) is 1. The lowest BCUT2D eigenvalue weighted by molar-refractivity contribution is 0.0723. The van der Waals surface area contributed by atoms with E-state index in [1.165, 1.54) is 6.07 Å². The minimum Gasteiger partial charge on any atom is -0.394 e. The molecule has 3 N–H and O–H groups in total. The molecule has 0 saturated carbocycles.